The quantitative estimate of drug-likeness (QED) is 0.526. The van der Waals surface area contributed by atoms with Crippen molar-refractivity contribution in [1.82, 2.24) is 9.78 Å². The van der Waals surface area contributed by atoms with Gasteiger partial charge >= 0.3 is 5.97 Å². The van der Waals surface area contributed by atoms with E-state index in [0.29, 0.717) is 6.42 Å². The molecule has 128 valence electrons. The highest BCUT2D eigenvalue weighted by Crippen LogP contribution is 2.29. The molecule has 24 heavy (non-hydrogen) atoms. The molecule has 0 aliphatic heterocycles. The standard InChI is InChI=1S/C18H20FIN2O2/c1-24-18(23)13-7-8-15-16(11-13)21-22(17(15)20)9-3-5-12-4-2-6-14(19)10-12/h2,4,6,10,13H,3,5,7-9,11H2,1H3/t13-/m1/s1. The largest absolute Gasteiger partial charge is 0.469 e. The molecule has 0 spiro atoms. The maximum atomic E-state index is 13.2. The number of rotatable bonds is 5. The van der Waals surface area contributed by atoms with Gasteiger partial charge in [-0.05, 0) is 66.0 Å². The van der Waals surface area contributed by atoms with Crippen LogP contribution in [0.1, 0.15) is 29.7 Å². The summed E-state index contributed by atoms with van der Waals surface area (Å²) in [5.74, 6) is -0.407. The number of benzene rings is 1. The number of halogens is 2. The fourth-order valence-corrected chi connectivity index (χ4v) is 4.16. The van der Waals surface area contributed by atoms with E-state index in [2.05, 4.69) is 22.6 Å². The second-order valence-corrected chi connectivity index (χ2v) is 7.16. The lowest BCUT2D eigenvalue weighted by atomic mass is 9.88. The summed E-state index contributed by atoms with van der Waals surface area (Å²) in [6.07, 6.45) is 4.08. The van der Waals surface area contributed by atoms with Gasteiger partial charge < -0.3 is 4.74 Å². The van der Waals surface area contributed by atoms with Gasteiger partial charge in [0.1, 0.15) is 9.52 Å². The molecule has 0 fully saturated rings. The van der Waals surface area contributed by atoms with Crippen molar-refractivity contribution in [2.45, 2.75) is 38.6 Å². The predicted octanol–water partition coefficient (Wildman–Crippen LogP) is 3.54. The first-order chi connectivity index (χ1) is 11.6. The van der Waals surface area contributed by atoms with Crippen LogP contribution in [0.2, 0.25) is 0 Å². The van der Waals surface area contributed by atoms with Crippen molar-refractivity contribution >= 4 is 28.6 Å². The van der Waals surface area contributed by atoms with Crippen molar-refractivity contribution in [2.24, 2.45) is 5.92 Å². The Bertz CT molecular complexity index is 745. The molecule has 4 nitrogen and oxygen atoms in total. The number of hydrogen-bond donors (Lipinski definition) is 0. The lowest BCUT2D eigenvalue weighted by Gasteiger charge is -2.18. The van der Waals surface area contributed by atoms with Crippen molar-refractivity contribution in [3.8, 4) is 0 Å². The van der Waals surface area contributed by atoms with E-state index in [1.165, 1.54) is 18.7 Å². The summed E-state index contributed by atoms with van der Waals surface area (Å²) < 4.78 is 21.2. The summed E-state index contributed by atoms with van der Waals surface area (Å²) >= 11 is 2.34. The van der Waals surface area contributed by atoms with Crippen molar-refractivity contribution < 1.29 is 13.9 Å². The summed E-state index contributed by atoms with van der Waals surface area (Å²) in [5.41, 5.74) is 3.29. The molecule has 0 unspecified atom stereocenters. The Hall–Kier alpha value is -1.44. The molecular formula is C18H20FIN2O2. The Morgan fingerprint density at radius 2 is 2.33 bits per heavy atom. The van der Waals surface area contributed by atoms with Crippen LogP contribution >= 0.6 is 22.6 Å². The molecule has 0 bridgehead atoms. The average Bonchev–Trinajstić information content (AvgIpc) is 2.90. The number of aromatic nitrogens is 2. The first-order valence-corrected chi connectivity index (χ1v) is 9.22. The number of ether oxygens (including phenoxy) is 1. The van der Waals surface area contributed by atoms with Crippen LogP contribution in [0.4, 0.5) is 4.39 Å². The molecule has 1 aliphatic rings. The van der Waals surface area contributed by atoms with E-state index in [1.807, 2.05) is 10.7 Å². The Kier molecular flexibility index (Phi) is 5.53. The number of methoxy groups -OCH3 is 1. The predicted molar refractivity (Wildman–Crippen MR) is 97.2 cm³/mol. The molecular weight excluding hydrogens is 422 g/mol. The van der Waals surface area contributed by atoms with Crippen LogP contribution in [0.25, 0.3) is 0 Å². The molecule has 1 aliphatic carbocycles. The third-order valence-electron chi connectivity index (χ3n) is 4.51. The first-order valence-electron chi connectivity index (χ1n) is 8.15. The van der Waals surface area contributed by atoms with E-state index in [-0.39, 0.29) is 17.7 Å². The minimum absolute atomic E-state index is 0.0751. The van der Waals surface area contributed by atoms with Gasteiger partial charge in [-0.3, -0.25) is 9.48 Å². The number of nitrogens with zero attached hydrogens (tertiary/aromatic N) is 2. The number of fused-ring (bicyclic) bond motifs is 1. The highest BCUT2D eigenvalue weighted by molar-refractivity contribution is 14.1. The summed E-state index contributed by atoms with van der Waals surface area (Å²) in [4.78, 5) is 11.7. The summed E-state index contributed by atoms with van der Waals surface area (Å²) in [7, 11) is 1.44. The van der Waals surface area contributed by atoms with E-state index in [1.54, 1.807) is 12.1 Å². The molecule has 3 rings (SSSR count). The van der Waals surface area contributed by atoms with E-state index < -0.39 is 0 Å². The third-order valence-corrected chi connectivity index (χ3v) is 5.71. The monoisotopic (exact) mass is 442 g/mol. The SMILES string of the molecule is COC(=O)[C@@H]1CCc2c(nn(CCCc3cccc(F)c3)c2I)C1. The summed E-state index contributed by atoms with van der Waals surface area (Å²) in [6, 6.07) is 6.74. The molecule has 2 aromatic rings. The number of esters is 1. The Labute approximate surface area is 154 Å². The van der Waals surface area contributed by atoms with Crippen LogP contribution in [0.5, 0.6) is 0 Å². The zero-order valence-corrected chi connectivity index (χ0v) is 15.8. The van der Waals surface area contributed by atoms with Crippen LogP contribution in [0.3, 0.4) is 0 Å². The van der Waals surface area contributed by atoms with Crippen LogP contribution in [-0.2, 0) is 35.3 Å². The molecule has 0 radical (unpaired) electrons. The maximum absolute atomic E-state index is 13.2. The van der Waals surface area contributed by atoms with E-state index in [0.717, 1.165) is 47.2 Å². The van der Waals surface area contributed by atoms with Crippen LogP contribution in [0, 0.1) is 15.4 Å². The van der Waals surface area contributed by atoms with Gasteiger partial charge in [0.15, 0.2) is 0 Å². The van der Waals surface area contributed by atoms with Gasteiger partial charge in [0.2, 0.25) is 0 Å². The van der Waals surface area contributed by atoms with Crippen molar-refractivity contribution in [3.63, 3.8) is 0 Å². The van der Waals surface area contributed by atoms with Crippen molar-refractivity contribution in [3.05, 3.63) is 50.6 Å². The second-order valence-electron chi connectivity index (χ2n) is 6.14. The lowest BCUT2D eigenvalue weighted by Crippen LogP contribution is -2.23. The van der Waals surface area contributed by atoms with Gasteiger partial charge in [0, 0.05) is 18.5 Å². The Morgan fingerprint density at radius 3 is 3.08 bits per heavy atom. The minimum Gasteiger partial charge on any atom is -0.469 e. The van der Waals surface area contributed by atoms with Gasteiger partial charge in [-0.1, -0.05) is 12.1 Å². The molecule has 0 saturated carbocycles. The molecule has 1 atom stereocenters. The fourth-order valence-electron chi connectivity index (χ4n) is 3.23. The summed E-state index contributed by atoms with van der Waals surface area (Å²) in [5, 5.41) is 4.69. The van der Waals surface area contributed by atoms with Crippen LogP contribution in [0.15, 0.2) is 24.3 Å². The third kappa shape index (κ3) is 3.79. The van der Waals surface area contributed by atoms with Crippen molar-refractivity contribution in [1.29, 1.82) is 0 Å². The number of carbonyl (C=O) groups is 1. The van der Waals surface area contributed by atoms with Gasteiger partial charge in [-0.2, -0.15) is 5.10 Å². The molecule has 1 heterocycles. The van der Waals surface area contributed by atoms with E-state index in [9.17, 15) is 9.18 Å². The zero-order chi connectivity index (χ0) is 17.1. The normalized spacial score (nSPS) is 16.7. The smallest absolute Gasteiger partial charge is 0.309 e. The van der Waals surface area contributed by atoms with Crippen molar-refractivity contribution in [2.75, 3.05) is 7.11 Å². The minimum atomic E-state index is -0.189. The van der Waals surface area contributed by atoms with Crippen LogP contribution in [-0.4, -0.2) is 22.9 Å². The highest BCUT2D eigenvalue weighted by Gasteiger charge is 2.29. The highest BCUT2D eigenvalue weighted by atomic mass is 127. The van der Waals surface area contributed by atoms with Gasteiger partial charge in [0.05, 0.1) is 18.7 Å². The lowest BCUT2D eigenvalue weighted by molar-refractivity contribution is -0.145. The number of aryl methyl sites for hydroxylation is 2. The van der Waals surface area contributed by atoms with E-state index >= 15 is 0 Å². The Morgan fingerprint density at radius 1 is 1.50 bits per heavy atom. The molecule has 0 N–H and O–H groups in total. The van der Waals surface area contributed by atoms with Gasteiger partial charge in [-0.15, -0.1) is 0 Å². The zero-order valence-electron chi connectivity index (χ0n) is 13.6. The number of carbonyl (C=O) groups excluding carboxylic acids is 1. The maximum Gasteiger partial charge on any atom is 0.309 e. The molecule has 1 aromatic heterocycles. The fraction of sp³-hybridized carbons (Fsp3) is 0.444. The molecule has 0 amide bonds. The van der Waals surface area contributed by atoms with Gasteiger partial charge in [-0.25, -0.2) is 4.39 Å². The van der Waals surface area contributed by atoms with Crippen LogP contribution < -0.4 is 0 Å². The topological polar surface area (TPSA) is 44.1 Å². The average molecular weight is 442 g/mol. The molecule has 1 aromatic carbocycles. The Balaban J connectivity index is 1.63. The van der Waals surface area contributed by atoms with E-state index in [4.69, 9.17) is 9.84 Å². The second kappa shape index (κ2) is 7.63. The number of hydrogen-bond acceptors (Lipinski definition) is 3. The molecule has 6 heteroatoms. The first kappa shape index (κ1) is 17.4. The molecule has 0 saturated heterocycles. The summed E-state index contributed by atoms with van der Waals surface area (Å²) in [6.45, 7) is 0.796. The van der Waals surface area contributed by atoms with Gasteiger partial charge in [0.25, 0.3) is 0 Å².